The Morgan fingerprint density at radius 2 is 2.24 bits per heavy atom. The number of hydrogen-bond donors (Lipinski definition) is 1. The van der Waals surface area contributed by atoms with Crippen molar-refractivity contribution in [3.05, 3.63) is 29.3 Å². The van der Waals surface area contributed by atoms with Gasteiger partial charge in [0.1, 0.15) is 18.5 Å². The smallest absolute Gasteiger partial charge is 0.163 e. The van der Waals surface area contributed by atoms with Gasteiger partial charge in [-0.25, -0.2) is 0 Å². The first-order chi connectivity index (χ1) is 8.22. The fourth-order valence-electron chi connectivity index (χ4n) is 2.01. The molecule has 0 radical (unpaired) electrons. The molecule has 1 aliphatic rings. The van der Waals surface area contributed by atoms with Crippen LogP contribution in [0.3, 0.4) is 0 Å². The molecular weight excluding hydrogens is 240 g/mol. The summed E-state index contributed by atoms with van der Waals surface area (Å²) in [6.45, 7) is 0.161. The van der Waals surface area contributed by atoms with E-state index in [1.165, 1.54) is 0 Å². The van der Waals surface area contributed by atoms with E-state index >= 15 is 0 Å². The molecule has 0 bridgehead atoms. The van der Waals surface area contributed by atoms with Crippen LogP contribution in [0.25, 0.3) is 0 Å². The van der Waals surface area contributed by atoms with Crippen molar-refractivity contribution in [3.8, 4) is 5.75 Å². The molecule has 1 atom stereocenters. The highest BCUT2D eigenvalue weighted by Crippen LogP contribution is 2.29. The SMILES string of the molecule is O=C1CCCc2c(OCC(O)CCl)cccc21. The van der Waals surface area contributed by atoms with Crippen molar-refractivity contribution in [1.29, 1.82) is 0 Å². The van der Waals surface area contributed by atoms with Gasteiger partial charge < -0.3 is 9.84 Å². The van der Waals surface area contributed by atoms with E-state index in [0.717, 1.165) is 24.0 Å². The molecule has 0 spiro atoms. The molecule has 0 heterocycles. The summed E-state index contributed by atoms with van der Waals surface area (Å²) >= 11 is 5.50. The molecule has 1 aromatic carbocycles. The number of halogens is 1. The first kappa shape index (κ1) is 12.4. The zero-order valence-corrected chi connectivity index (χ0v) is 10.2. The molecular formula is C13H15ClO3. The molecule has 0 aliphatic heterocycles. The van der Waals surface area contributed by atoms with Crippen LogP contribution < -0.4 is 4.74 Å². The molecule has 2 rings (SSSR count). The summed E-state index contributed by atoms with van der Waals surface area (Å²) < 4.78 is 5.52. The molecule has 1 aliphatic carbocycles. The van der Waals surface area contributed by atoms with Crippen molar-refractivity contribution in [2.24, 2.45) is 0 Å². The molecule has 0 fully saturated rings. The normalized spacial score (nSPS) is 16.5. The van der Waals surface area contributed by atoms with E-state index in [1.807, 2.05) is 18.2 Å². The van der Waals surface area contributed by atoms with E-state index < -0.39 is 6.10 Å². The van der Waals surface area contributed by atoms with Gasteiger partial charge in [0.25, 0.3) is 0 Å². The van der Waals surface area contributed by atoms with Gasteiger partial charge in [-0.3, -0.25) is 4.79 Å². The second-order valence-electron chi connectivity index (χ2n) is 4.18. The largest absolute Gasteiger partial charge is 0.491 e. The highest BCUT2D eigenvalue weighted by atomic mass is 35.5. The average Bonchev–Trinajstić information content (AvgIpc) is 2.36. The van der Waals surface area contributed by atoms with E-state index in [1.54, 1.807) is 0 Å². The second kappa shape index (κ2) is 5.52. The van der Waals surface area contributed by atoms with Crippen LogP contribution in [-0.2, 0) is 6.42 Å². The van der Waals surface area contributed by atoms with Crippen molar-refractivity contribution in [3.63, 3.8) is 0 Å². The third-order valence-electron chi connectivity index (χ3n) is 2.87. The second-order valence-corrected chi connectivity index (χ2v) is 4.49. The van der Waals surface area contributed by atoms with Crippen LogP contribution in [0.2, 0.25) is 0 Å². The Morgan fingerprint density at radius 3 is 3.00 bits per heavy atom. The number of aliphatic hydroxyl groups is 1. The number of rotatable bonds is 4. The summed E-state index contributed by atoms with van der Waals surface area (Å²) in [5.41, 5.74) is 1.72. The Kier molecular flexibility index (Phi) is 4.02. The molecule has 0 aromatic heterocycles. The molecule has 1 N–H and O–H groups in total. The predicted octanol–water partition coefficient (Wildman–Crippen LogP) is 2.18. The lowest BCUT2D eigenvalue weighted by Gasteiger charge is -2.19. The molecule has 1 aromatic rings. The number of fused-ring (bicyclic) bond motifs is 1. The minimum atomic E-state index is -0.674. The van der Waals surface area contributed by atoms with Gasteiger partial charge in [0, 0.05) is 17.5 Å². The van der Waals surface area contributed by atoms with Gasteiger partial charge in [-0.1, -0.05) is 12.1 Å². The van der Waals surface area contributed by atoms with Crippen LogP contribution >= 0.6 is 11.6 Å². The molecule has 0 amide bonds. The first-order valence-corrected chi connectivity index (χ1v) is 6.27. The lowest BCUT2D eigenvalue weighted by atomic mass is 9.90. The lowest BCUT2D eigenvalue weighted by Crippen LogP contribution is -2.20. The predicted molar refractivity (Wildman–Crippen MR) is 65.9 cm³/mol. The first-order valence-electron chi connectivity index (χ1n) is 5.74. The molecule has 3 nitrogen and oxygen atoms in total. The standard InChI is InChI=1S/C13H15ClO3/c14-7-9(15)8-17-13-6-2-3-10-11(13)4-1-5-12(10)16/h2-3,6,9,15H,1,4-5,7-8H2. The number of benzene rings is 1. The van der Waals surface area contributed by atoms with Crippen molar-refractivity contribution >= 4 is 17.4 Å². The van der Waals surface area contributed by atoms with Gasteiger partial charge >= 0.3 is 0 Å². The number of Topliss-reactive ketones (excluding diaryl/α,β-unsaturated/α-hetero) is 1. The number of carbonyl (C=O) groups is 1. The van der Waals surface area contributed by atoms with E-state index in [4.69, 9.17) is 16.3 Å². The molecule has 1 unspecified atom stereocenters. The Bertz CT molecular complexity index is 417. The lowest BCUT2D eigenvalue weighted by molar-refractivity contribution is 0.0969. The highest BCUT2D eigenvalue weighted by molar-refractivity contribution is 6.18. The van der Waals surface area contributed by atoms with Crippen LogP contribution in [0.4, 0.5) is 0 Å². The fraction of sp³-hybridized carbons (Fsp3) is 0.462. The van der Waals surface area contributed by atoms with Gasteiger partial charge in [-0.2, -0.15) is 0 Å². The fourth-order valence-corrected chi connectivity index (χ4v) is 2.10. The number of aliphatic hydroxyl groups excluding tert-OH is 1. The minimum absolute atomic E-state index is 0.147. The summed E-state index contributed by atoms with van der Waals surface area (Å²) in [6.07, 6.45) is 1.66. The maximum absolute atomic E-state index is 11.7. The molecule has 17 heavy (non-hydrogen) atoms. The molecule has 0 saturated carbocycles. The Balaban J connectivity index is 2.18. The zero-order valence-electron chi connectivity index (χ0n) is 9.49. The van der Waals surface area contributed by atoms with E-state index in [0.29, 0.717) is 12.2 Å². The molecule has 92 valence electrons. The summed E-state index contributed by atoms with van der Waals surface area (Å²) in [5, 5.41) is 9.35. The van der Waals surface area contributed by atoms with Gasteiger partial charge in [-0.15, -0.1) is 11.6 Å². The summed E-state index contributed by atoms with van der Waals surface area (Å²) in [7, 11) is 0. The van der Waals surface area contributed by atoms with Crippen molar-refractivity contribution in [2.75, 3.05) is 12.5 Å². The summed E-state index contributed by atoms with van der Waals surface area (Å²) in [4.78, 5) is 11.7. The molecule has 0 saturated heterocycles. The number of alkyl halides is 1. The Labute approximate surface area is 105 Å². The van der Waals surface area contributed by atoms with Crippen molar-refractivity contribution < 1.29 is 14.6 Å². The van der Waals surface area contributed by atoms with Crippen LogP contribution in [0, 0.1) is 0 Å². The van der Waals surface area contributed by atoms with Crippen molar-refractivity contribution in [1.82, 2.24) is 0 Å². The van der Waals surface area contributed by atoms with Gasteiger partial charge in [0.05, 0.1) is 5.88 Å². The summed E-state index contributed by atoms with van der Waals surface area (Å²) in [5.74, 6) is 1.02. The minimum Gasteiger partial charge on any atom is -0.491 e. The maximum Gasteiger partial charge on any atom is 0.163 e. The van der Waals surface area contributed by atoms with E-state index in [-0.39, 0.29) is 18.3 Å². The molecule has 4 heteroatoms. The van der Waals surface area contributed by atoms with E-state index in [9.17, 15) is 9.90 Å². The topological polar surface area (TPSA) is 46.5 Å². The number of hydrogen-bond acceptors (Lipinski definition) is 3. The van der Waals surface area contributed by atoms with Gasteiger partial charge in [-0.05, 0) is 18.9 Å². The van der Waals surface area contributed by atoms with Gasteiger partial charge in [0.2, 0.25) is 0 Å². The van der Waals surface area contributed by atoms with Crippen LogP contribution in [-0.4, -0.2) is 29.5 Å². The van der Waals surface area contributed by atoms with Crippen LogP contribution in [0.1, 0.15) is 28.8 Å². The number of ketones is 1. The highest BCUT2D eigenvalue weighted by Gasteiger charge is 2.20. The Morgan fingerprint density at radius 1 is 1.41 bits per heavy atom. The van der Waals surface area contributed by atoms with Crippen LogP contribution in [0.5, 0.6) is 5.75 Å². The average molecular weight is 255 g/mol. The monoisotopic (exact) mass is 254 g/mol. The van der Waals surface area contributed by atoms with Crippen LogP contribution in [0.15, 0.2) is 18.2 Å². The third-order valence-corrected chi connectivity index (χ3v) is 3.23. The number of carbonyl (C=O) groups excluding carboxylic acids is 1. The third kappa shape index (κ3) is 2.79. The van der Waals surface area contributed by atoms with Gasteiger partial charge in [0.15, 0.2) is 5.78 Å². The zero-order chi connectivity index (χ0) is 12.3. The van der Waals surface area contributed by atoms with Crippen molar-refractivity contribution in [2.45, 2.75) is 25.4 Å². The summed E-state index contributed by atoms with van der Waals surface area (Å²) in [6, 6.07) is 5.48. The quantitative estimate of drug-likeness (QED) is 0.838. The van der Waals surface area contributed by atoms with E-state index in [2.05, 4.69) is 0 Å². The number of ether oxygens (including phenoxy) is 1. The Hall–Kier alpha value is -1.06. The maximum atomic E-state index is 11.7.